The van der Waals surface area contributed by atoms with Gasteiger partial charge in [-0.3, -0.25) is 0 Å². The van der Waals surface area contributed by atoms with Gasteiger partial charge in [0.1, 0.15) is 5.82 Å². The molecular weight excluding hydrogens is 295 g/mol. The summed E-state index contributed by atoms with van der Waals surface area (Å²) < 4.78 is 40.4. The van der Waals surface area contributed by atoms with Crippen LogP contribution in [0.1, 0.15) is 24.0 Å². The van der Waals surface area contributed by atoms with Gasteiger partial charge >= 0.3 is 0 Å². The number of hydrogen-bond donors (Lipinski definition) is 2. The lowest BCUT2D eigenvalue weighted by molar-refractivity contribution is 0.275. The topological polar surface area (TPSA) is 69.6 Å². The Hall–Kier alpha value is -1.02. The second-order valence-corrected chi connectivity index (χ2v) is 7.05. The van der Waals surface area contributed by atoms with Crippen molar-refractivity contribution in [1.82, 2.24) is 9.62 Å². The van der Waals surface area contributed by atoms with Crippen LogP contribution in [0.4, 0.5) is 4.39 Å². The lowest BCUT2D eigenvalue weighted by Crippen LogP contribution is -2.26. The van der Waals surface area contributed by atoms with Crippen LogP contribution in [-0.2, 0) is 16.6 Å². The standard InChI is InChI=1S/C14H23FN2O3S/c1-11-8-13(9-12(10-18)14(11)15)21(19,20)16-6-4-5-7-17(2)3/h8-9,16,18H,4-7,10H2,1-3H3. The molecule has 0 aliphatic heterocycles. The first-order chi connectivity index (χ1) is 9.77. The number of nitrogens with one attached hydrogen (secondary N) is 1. The van der Waals surface area contributed by atoms with Crippen molar-refractivity contribution in [3.05, 3.63) is 29.1 Å². The second kappa shape index (κ2) is 7.84. The molecule has 0 bridgehead atoms. The van der Waals surface area contributed by atoms with E-state index >= 15 is 0 Å². The molecule has 0 atom stereocenters. The molecule has 0 unspecified atom stereocenters. The number of sulfonamides is 1. The lowest BCUT2D eigenvalue weighted by atomic mass is 10.1. The Bertz CT molecular complexity index is 574. The number of aryl methyl sites for hydroxylation is 1. The minimum Gasteiger partial charge on any atom is -0.392 e. The highest BCUT2D eigenvalue weighted by Gasteiger charge is 2.17. The maximum atomic E-state index is 13.6. The molecule has 0 spiro atoms. The summed E-state index contributed by atoms with van der Waals surface area (Å²) in [6, 6.07) is 2.45. The van der Waals surface area contributed by atoms with Gasteiger partial charge in [0.25, 0.3) is 0 Å². The first-order valence-corrected chi connectivity index (χ1v) is 8.30. The smallest absolute Gasteiger partial charge is 0.240 e. The van der Waals surface area contributed by atoms with Gasteiger partial charge in [0.05, 0.1) is 11.5 Å². The van der Waals surface area contributed by atoms with Gasteiger partial charge < -0.3 is 10.0 Å². The normalized spacial score (nSPS) is 12.1. The Morgan fingerprint density at radius 2 is 1.95 bits per heavy atom. The zero-order valence-electron chi connectivity index (χ0n) is 12.7. The van der Waals surface area contributed by atoms with Gasteiger partial charge in [0.15, 0.2) is 0 Å². The lowest BCUT2D eigenvalue weighted by Gasteiger charge is -2.11. The van der Waals surface area contributed by atoms with Gasteiger partial charge in [-0.2, -0.15) is 0 Å². The fraction of sp³-hybridized carbons (Fsp3) is 0.571. The third-order valence-corrected chi connectivity index (χ3v) is 4.55. The molecule has 0 aliphatic carbocycles. The highest BCUT2D eigenvalue weighted by Crippen LogP contribution is 2.19. The molecule has 0 radical (unpaired) electrons. The quantitative estimate of drug-likeness (QED) is 0.708. The van der Waals surface area contributed by atoms with E-state index in [1.807, 2.05) is 19.0 Å². The van der Waals surface area contributed by atoms with Gasteiger partial charge in [-0.25, -0.2) is 17.5 Å². The summed E-state index contributed by atoms with van der Waals surface area (Å²) in [7, 11) is 0.246. The van der Waals surface area contributed by atoms with E-state index in [1.54, 1.807) is 0 Å². The summed E-state index contributed by atoms with van der Waals surface area (Å²) in [5, 5.41) is 9.07. The van der Waals surface area contributed by atoms with Crippen molar-refractivity contribution in [1.29, 1.82) is 0 Å². The molecule has 0 heterocycles. The molecule has 7 heteroatoms. The highest BCUT2D eigenvalue weighted by atomic mass is 32.2. The third kappa shape index (κ3) is 5.35. The van der Waals surface area contributed by atoms with E-state index in [-0.39, 0.29) is 16.0 Å². The Morgan fingerprint density at radius 1 is 1.29 bits per heavy atom. The van der Waals surface area contributed by atoms with E-state index in [1.165, 1.54) is 19.1 Å². The number of aliphatic hydroxyl groups excluding tert-OH is 1. The van der Waals surface area contributed by atoms with E-state index in [0.717, 1.165) is 19.4 Å². The third-order valence-electron chi connectivity index (χ3n) is 3.11. The van der Waals surface area contributed by atoms with Crippen LogP contribution in [-0.4, -0.2) is 45.6 Å². The Morgan fingerprint density at radius 3 is 2.52 bits per heavy atom. The number of benzene rings is 1. The number of halogens is 1. The second-order valence-electron chi connectivity index (χ2n) is 5.28. The number of hydrogen-bond acceptors (Lipinski definition) is 4. The highest BCUT2D eigenvalue weighted by molar-refractivity contribution is 7.89. The molecule has 0 aliphatic rings. The van der Waals surface area contributed by atoms with E-state index < -0.39 is 22.4 Å². The molecule has 5 nitrogen and oxygen atoms in total. The number of aliphatic hydroxyl groups is 1. The number of rotatable bonds is 8. The van der Waals surface area contributed by atoms with Crippen molar-refractivity contribution < 1.29 is 17.9 Å². The predicted molar refractivity (Wildman–Crippen MR) is 80.0 cm³/mol. The summed E-state index contributed by atoms with van der Waals surface area (Å²) in [4.78, 5) is 2.02. The Labute approximate surface area is 125 Å². The summed E-state index contributed by atoms with van der Waals surface area (Å²) in [6.45, 7) is 2.18. The average molecular weight is 318 g/mol. The molecule has 1 aromatic rings. The van der Waals surface area contributed by atoms with Crippen LogP contribution >= 0.6 is 0 Å². The van der Waals surface area contributed by atoms with Gasteiger partial charge in [-0.15, -0.1) is 0 Å². The van der Waals surface area contributed by atoms with Crippen LogP contribution in [0, 0.1) is 12.7 Å². The largest absolute Gasteiger partial charge is 0.392 e. The van der Waals surface area contributed by atoms with E-state index in [4.69, 9.17) is 5.11 Å². The fourth-order valence-corrected chi connectivity index (χ4v) is 3.13. The number of unbranched alkanes of at least 4 members (excludes halogenated alkanes) is 1. The Kier molecular flexibility index (Phi) is 6.73. The molecule has 1 rings (SSSR count). The zero-order valence-corrected chi connectivity index (χ0v) is 13.5. The first-order valence-electron chi connectivity index (χ1n) is 6.82. The SMILES string of the molecule is Cc1cc(S(=O)(=O)NCCCCN(C)C)cc(CO)c1F. The van der Waals surface area contributed by atoms with Crippen LogP contribution in [0.5, 0.6) is 0 Å². The van der Waals surface area contributed by atoms with Gasteiger partial charge in [-0.05, 0) is 58.1 Å². The van der Waals surface area contributed by atoms with E-state index in [0.29, 0.717) is 6.54 Å². The molecule has 0 saturated carbocycles. The maximum absolute atomic E-state index is 13.6. The van der Waals surface area contributed by atoms with E-state index in [9.17, 15) is 12.8 Å². The molecule has 0 aromatic heterocycles. The van der Waals surface area contributed by atoms with Crippen LogP contribution in [0.3, 0.4) is 0 Å². The molecule has 0 fully saturated rings. The van der Waals surface area contributed by atoms with Crippen LogP contribution in [0.15, 0.2) is 17.0 Å². The fourth-order valence-electron chi connectivity index (χ4n) is 1.92. The van der Waals surface area contributed by atoms with Crippen molar-refractivity contribution in [2.75, 3.05) is 27.2 Å². The summed E-state index contributed by atoms with van der Waals surface area (Å²) in [6.07, 6.45) is 1.62. The van der Waals surface area contributed by atoms with Gasteiger partial charge in [0, 0.05) is 12.1 Å². The van der Waals surface area contributed by atoms with E-state index in [2.05, 4.69) is 4.72 Å². The molecule has 2 N–H and O–H groups in total. The molecule has 0 amide bonds. The molecule has 1 aromatic carbocycles. The zero-order chi connectivity index (χ0) is 16.0. The summed E-state index contributed by atoms with van der Waals surface area (Å²) in [5.41, 5.74) is 0.192. The molecule has 120 valence electrons. The number of nitrogens with zero attached hydrogens (tertiary/aromatic N) is 1. The molecule has 0 saturated heterocycles. The van der Waals surface area contributed by atoms with Crippen molar-refractivity contribution in [3.63, 3.8) is 0 Å². The van der Waals surface area contributed by atoms with Crippen molar-refractivity contribution in [2.45, 2.75) is 31.3 Å². The van der Waals surface area contributed by atoms with Crippen molar-refractivity contribution in [2.24, 2.45) is 0 Å². The average Bonchev–Trinajstić information content (AvgIpc) is 2.40. The van der Waals surface area contributed by atoms with Crippen LogP contribution in [0.2, 0.25) is 0 Å². The Balaban J connectivity index is 2.72. The minimum atomic E-state index is -3.67. The molecule has 21 heavy (non-hydrogen) atoms. The summed E-state index contributed by atoms with van der Waals surface area (Å²) >= 11 is 0. The van der Waals surface area contributed by atoms with Crippen molar-refractivity contribution in [3.8, 4) is 0 Å². The monoisotopic (exact) mass is 318 g/mol. The van der Waals surface area contributed by atoms with Gasteiger partial charge in [-0.1, -0.05) is 0 Å². The van der Waals surface area contributed by atoms with Gasteiger partial charge in [0.2, 0.25) is 10.0 Å². The molecular formula is C14H23FN2O3S. The minimum absolute atomic E-state index is 0.0111. The van der Waals surface area contributed by atoms with Crippen LogP contribution in [0.25, 0.3) is 0 Å². The van der Waals surface area contributed by atoms with Crippen LogP contribution < -0.4 is 4.72 Å². The first kappa shape index (κ1) is 18.0. The maximum Gasteiger partial charge on any atom is 0.240 e. The summed E-state index contributed by atoms with van der Waals surface area (Å²) in [5.74, 6) is -0.567. The predicted octanol–water partition coefficient (Wildman–Crippen LogP) is 1.25. The van der Waals surface area contributed by atoms with Crippen molar-refractivity contribution >= 4 is 10.0 Å².